The van der Waals surface area contributed by atoms with E-state index in [1.54, 1.807) is 37.7 Å². The number of amides is 1. The predicted octanol–water partition coefficient (Wildman–Crippen LogP) is 4.11. The Morgan fingerprint density at radius 1 is 1.08 bits per heavy atom. The molecule has 0 saturated heterocycles. The summed E-state index contributed by atoms with van der Waals surface area (Å²) >= 11 is 0. The van der Waals surface area contributed by atoms with Crippen LogP contribution in [0, 0.1) is 5.82 Å². The number of rotatable bonds is 10. The molecule has 0 saturated carbocycles. The summed E-state index contributed by atoms with van der Waals surface area (Å²) in [6.45, 7) is 0.871. The molecule has 4 rings (SSSR count). The highest BCUT2D eigenvalue weighted by atomic mass is 19.4. The molecule has 0 spiro atoms. The van der Waals surface area contributed by atoms with Crippen molar-refractivity contribution in [2.24, 2.45) is 0 Å². The molecule has 2 heterocycles. The number of halogens is 4. The van der Waals surface area contributed by atoms with Gasteiger partial charge in [0.2, 0.25) is 0 Å². The summed E-state index contributed by atoms with van der Waals surface area (Å²) in [6, 6.07) is 12.4. The van der Waals surface area contributed by atoms with Crippen LogP contribution in [0.2, 0.25) is 0 Å². The maximum Gasteiger partial charge on any atom is 0.416 e. The number of carbonyl (C=O) groups is 1. The Hall–Kier alpha value is -4.32. The van der Waals surface area contributed by atoms with Crippen molar-refractivity contribution in [3.63, 3.8) is 0 Å². The monoisotopic (exact) mass is 529 g/mol. The van der Waals surface area contributed by atoms with Gasteiger partial charge in [-0.2, -0.15) is 13.2 Å². The molecule has 0 aliphatic carbocycles. The molecule has 198 valence electrons. The van der Waals surface area contributed by atoms with E-state index in [-0.39, 0.29) is 11.1 Å². The first-order valence-corrected chi connectivity index (χ1v) is 11.6. The number of aromatic amines is 1. The largest absolute Gasteiger partial charge is 0.416 e. The number of H-pyrrole nitrogens is 1. The summed E-state index contributed by atoms with van der Waals surface area (Å²) in [5.74, 6) is 0.0595. The van der Waals surface area contributed by atoms with Gasteiger partial charge in [0, 0.05) is 42.4 Å². The van der Waals surface area contributed by atoms with Gasteiger partial charge in [-0.3, -0.25) is 9.78 Å². The molecule has 2 aromatic heterocycles. The van der Waals surface area contributed by atoms with Crippen LogP contribution in [0.3, 0.4) is 0 Å². The van der Waals surface area contributed by atoms with Gasteiger partial charge in [-0.1, -0.05) is 6.07 Å². The molecule has 4 aromatic rings. The molecule has 3 N–H and O–H groups in total. The number of methoxy groups -OCH3 is 1. The van der Waals surface area contributed by atoms with E-state index in [0.29, 0.717) is 37.3 Å². The lowest BCUT2D eigenvalue weighted by molar-refractivity contribution is -0.694. The van der Waals surface area contributed by atoms with Gasteiger partial charge in [0.15, 0.2) is 0 Å². The van der Waals surface area contributed by atoms with Gasteiger partial charge in [-0.05, 0) is 54.1 Å². The normalized spacial score (nSPS) is 11.4. The number of nitrogens with one attached hydrogen (secondary N) is 3. The quantitative estimate of drug-likeness (QED) is 0.212. The van der Waals surface area contributed by atoms with Crippen molar-refractivity contribution in [1.82, 2.24) is 20.5 Å². The van der Waals surface area contributed by atoms with Crippen LogP contribution in [0.1, 0.15) is 27.3 Å². The fourth-order valence-electron chi connectivity index (χ4n) is 3.86. The standard InChI is InChI=1S/C26H24F4N6O2/c1-38-12-11-36-23(34-35-24(36)17-7-9-31-10-8-17)16-32-21-4-2-3-18(14-21)25(37)33-15-19-13-20(27)5-6-22(19)26(28,29)30/h2-10,13-14,32H,11-12,15-16H2,1H3,(H,33,37)/p+1. The van der Waals surface area contributed by atoms with Crippen LogP contribution >= 0.6 is 0 Å². The van der Waals surface area contributed by atoms with E-state index in [1.165, 1.54) is 6.07 Å². The second-order valence-corrected chi connectivity index (χ2v) is 8.29. The first-order valence-electron chi connectivity index (χ1n) is 11.6. The molecule has 0 radical (unpaired) electrons. The minimum Gasteiger partial charge on any atom is -0.381 e. The van der Waals surface area contributed by atoms with Crippen LogP contribution in [0.4, 0.5) is 23.2 Å². The molecule has 8 nitrogen and oxygen atoms in total. The fourth-order valence-corrected chi connectivity index (χ4v) is 3.86. The zero-order chi connectivity index (χ0) is 27.1. The Labute approximate surface area is 215 Å². The zero-order valence-electron chi connectivity index (χ0n) is 20.3. The molecule has 38 heavy (non-hydrogen) atoms. The minimum absolute atomic E-state index is 0.231. The van der Waals surface area contributed by atoms with E-state index >= 15 is 0 Å². The van der Waals surface area contributed by atoms with E-state index in [1.807, 2.05) is 16.7 Å². The lowest BCUT2D eigenvalue weighted by Gasteiger charge is -2.14. The second kappa shape index (κ2) is 11.8. The van der Waals surface area contributed by atoms with E-state index in [0.717, 1.165) is 23.5 Å². The van der Waals surface area contributed by atoms with E-state index in [9.17, 15) is 22.4 Å². The van der Waals surface area contributed by atoms with Crippen LogP contribution in [0.15, 0.2) is 67.0 Å². The molecule has 0 unspecified atom stereocenters. The summed E-state index contributed by atoms with van der Waals surface area (Å²) in [6.07, 6.45) is -1.31. The molecule has 0 atom stereocenters. The van der Waals surface area contributed by atoms with Gasteiger partial charge in [-0.25, -0.2) is 8.96 Å². The molecular formula is C26H25F4N6O2+. The van der Waals surface area contributed by atoms with Crippen LogP contribution in [-0.4, -0.2) is 34.8 Å². The molecule has 12 heteroatoms. The van der Waals surface area contributed by atoms with Gasteiger partial charge in [0.25, 0.3) is 11.7 Å². The van der Waals surface area contributed by atoms with Gasteiger partial charge in [0.05, 0.1) is 24.3 Å². The summed E-state index contributed by atoms with van der Waals surface area (Å²) < 4.78 is 60.5. The van der Waals surface area contributed by atoms with Gasteiger partial charge < -0.3 is 15.4 Å². The highest BCUT2D eigenvalue weighted by Gasteiger charge is 2.33. The van der Waals surface area contributed by atoms with Crippen LogP contribution < -0.4 is 15.2 Å². The Morgan fingerprint density at radius 2 is 1.87 bits per heavy atom. The SMILES string of the molecule is COCC[n+]1c(-c2ccncc2)n[nH]c1CNc1cccc(C(=O)NCc2cc(F)ccc2C(F)(F)F)c1. The van der Waals surface area contributed by atoms with Gasteiger partial charge in [0.1, 0.15) is 12.4 Å². The smallest absolute Gasteiger partial charge is 0.381 e. The van der Waals surface area contributed by atoms with Crippen LogP contribution in [0.25, 0.3) is 11.4 Å². The third-order valence-electron chi connectivity index (χ3n) is 5.73. The van der Waals surface area contributed by atoms with Crippen molar-refractivity contribution in [2.45, 2.75) is 25.8 Å². The summed E-state index contributed by atoms with van der Waals surface area (Å²) in [5, 5.41) is 13.1. The van der Waals surface area contributed by atoms with Gasteiger partial charge in [-0.15, -0.1) is 5.10 Å². The van der Waals surface area contributed by atoms with Crippen molar-refractivity contribution in [2.75, 3.05) is 19.0 Å². The first-order chi connectivity index (χ1) is 18.3. The van der Waals surface area contributed by atoms with E-state index < -0.39 is 30.0 Å². The number of ether oxygens (including phenoxy) is 1. The summed E-state index contributed by atoms with van der Waals surface area (Å²) in [4.78, 5) is 16.7. The summed E-state index contributed by atoms with van der Waals surface area (Å²) in [5.41, 5.74) is 0.364. The van der Waals surface area contributed by atoms with Crippen molar-refractivity contribution in [3.8, 4) is 11.4 Å². The number of anilines is 1. The Bertz CT molecular complexity index is 1390. The van der Waals surface area contributed by atoms with Crippen molar-refractivity contribution in [3.05, 3.63) is 95.3 Å². The number of hydrogen-bond donors (Lipinski definition) is 3. The van der Waals surface area contributed by atoms with Crippen LogP contribution in [-0.2, 0) is 30.5 Å². The highest BCUT2D eigenvalue weighted by molar-refractivity contribution is 5.95. The molecular weight excluding hydrogens is 504 g/mol. The number of benzene rings is 2. The van der Waals surface area contributed by atoms with Crippen molar-refractivity contribution in [1.29, 1.82) is 0 Å². The first kappa shape index (κ1) is 26.7. The van der Waals surface area contributed by atoms with E-state index in [2.05, 4.69) is 25.8 Å². The maximum atomic E-state index is 13.5. The average molecular weight is 530 g/mol. The molecule has 1 amide bonds. The third-order valence-corrected chi connectivity index (χ3v) is 5.73. The number of alkyl halides is 3. The highest BCUT2D eigenvalue weighted by Crippen LogP contribution is 2.32. The minimum atomic E-state index is -4.67. The lowest BCUT2D eigenvalue weighted by atomic mass is 10.1. The molecule has 0 bridgehead atoms. The third kappa shape index (κ3) is 6.51. The fraction of sp³-hybridized carbons (Fsp3) is 0.231. The molecule has 0 fully saturated rings. The van der Waals surface area contributed by atoms with Crippen molar-refractivity contribution < 1.29 is 31.7 Å². The second-order valence-electron chi connectivity index (χ2n) is 8.29. The molecule has 2 aromatic carbocycles. The Morgan fingerprint density at radius 3 is 2.61 bits per heavy atom. The molecule has 0 aliphatic rings. The maximum absolute atomic E-state index is 13.5. The zero-order valence-corrected chi connectivity index (χ0v) is 20.3. The Kier molecular flexibility index (Phi) is 8.31. The number of aromatic nitrogens is 4. The number of hydrogen-bond acceptors (Lipinski definition) is 5. The lowest BCUT2D eigenvalue weighted by Crippen LogP contribution is -2.41. The molecule has 0 aliphatic heterocycles. The van der Waals surface area contributed by atoms with Crippen LogP contribution in [0.5, 0.6) is 0 Å². The topological polar surface area (TPSA) is 95.8 Å². The summed E-state index contributed by atoms with van der Waals surface area (Å²) in [7, 11) is 1.61. The average Bonchev–Trinajstić information content (AvgIpc) is 3.32. The van der Waals surface area contributed by atoms with Gasteiger partial charge >= 0.3 is 12.0 Å². The predicted molar refractivity (Wildman–Crippen MR) is 130 cm³/mol. The van der Waals surface area contributed by atoms with E-state index in [4.69, 9.17) is 4.74 Å². The number of nitrogens with zero attached hydrogens (tertiary/aromatic N) is 3. The van der Waals surface area contributed by atoms with Crippen molar-refractivity contribution >= 4 is 11.6 Å². The number of pyridine rings is 1. The number of carbonyl (C=O) groups excluding carboxylic acids is 1. The Balaban J connectivity index is 1.45.